The number of benzene rings is 1. The minimum atomic E-state index is -4.65. The van der Waals surface area contributed by atoms with Gasteiger partial charge in [0.1, 0.15) is 17.1 Å². The zero-order chi connectivity index (χ0) is 19.8. The van der Waals surface area contributed by atoms with Gasteiger partial charge in [-0.15, -0.1) is 0 Å². The van der Waals surface area contributed by atoms with Crippen LogP contribution in [0, 0.1) is 5.92 Å². The lowest BCUT2D eigenvalue weighted by molar-refractivity contribution is 0.00777. The zero-order valence-corrected chi connectivity index (χ0v) is 17.6. The highest BCUT2D eigenvalue weighted by molar-refractivity contribution is 7.46. The van der Waals surface area contributed by atoms with Crippen molar-refractivity contribution in [2.24, 2.45) is 5.92 Å². The van der Waals surface area contributed by atoms with Crippen LogP contribution in [-0.4, -0.2) is 15.4 Å². The minimum Gasteiger partial charge on any atom is -0.487 e. The van der Waals surface area contributed by atoms with Gasteiger partial charge in [0.15, 0.2) is 0 Å². The predicted octanol–water partition coefficient (Wildman–Crippen LogP) is 5.50. The summed E-state index contributed by atoms with van der Waals surface area (Å²) in [6, 6.07) is 3.85. The molecule has 0 saturated heterocycles. The molecule has 2 atom stereocenters. The number of hydrogen-bond donors (Lipinski definition) is 2. The quantitative estimate of drug-likeness (QED) is 0.378. The van der Waals surface area contributed by atoms with E-state index in [4.69, 9.17) is 9.26 Å². The molecule has 0 radical (unpaired) electrons. The second-order valence-corrected chi connectivity index (χ2v) is 9.62. The van der Waals surface area contributed by atoms with Crippen LogP contribution in [0.2, 0.25) is 0 Å². The smallest absolute Gasteiger partial charge is 0.487 e. The van der Waals surface area contributed by atoms with E-state index in [2.05, 4.69) is 33.8 Å². The standard InChI is InChI=1S/C21H31O5P/c1-5-6-7-8-15-12-18-20(19(13-15)26-27(22,23)24)16-11-14(2)9-10-17(16)21(3,4)25-18/h9,12-13,16-17H,5-8,10-11H2,1-4H3,(H2,22,23,24)/t16-,17-/m1/s1. The lowest BCUT2D eigenvalue weighted by atomic mass is 9.67. The van der Waals surface area contributed by atoms with Crippen LogP contribution in [-0.2, 0) is 11.0 Å². The topological polar surface area (TPSA) is 76.0 Å². The van der Waals surface area contributed by atoms with Gasteiger partial charge in [0.25, 0.3) is 0 Å². The second kappa shape index (κ2) is 7.62. The third-order valence-electron chi connectivity index (χ3n) is 5.83. The number of rotatable bonds is 6. The molecule has 0 unspecified atom stereocenters. The van der Waals surface area contributed by atoms with E-state index in [-0.39, 0.29) is 23.2 Å². The Hall–Kier alpha value is -1.29. The average molecular weight is 394 g/mol. The Labute approximate surface area is 162 Å². The normalized spacial score (nSPS) is 23.7. The van der Waals surface area contributed by atoms with Gasteiger partial charge < -0.3 is 9.26 Å². The number of aryl methyl sites for hydroxylation is 1. The molecular weight excluding hydrogens is 363 g/mol. The fraction of sp³-hybridized carbons (Fsp3) is 0.619. The fourth-order valence-electron chi connectivity index (χ4n) is 4.53. The van der Waals surface area contributed by atoms with Crippen LogP contribution < -0.4 is 9.26 Å². The van der Waals surface area contributed by atoms with Gasteiger partial charge in [0.05, 0.1) is 0 Å². The van der Waals surface area contributed by atoms with Crippen LogP contribution in [0.1, 0.15) is 76.8 Å². The molecule has 1 aliphatic carbocycles. The Kier molecular flexibility index (Phi) is 5.77. The first-order valence-corrected chi connectivity index (χ1v) is 11.4. The fourth-order valence-corrected chi connectivity index (χ4v) is 4.94. The maximum atomic E-state index is 11.6. The molecule has 1 aromatic rings. The van der Waals surface area contributed by atoms with E-state index in [1.165, 1.54) is 5.57 Å². The third kappa shape index (κ3) is 4.59. The first-order chi connectivity index (χ1) is 12.6. The molecule has 1 aliphatic heterocycles. The molecule has 2 N–H and O–H groups in total. The predicted molar refractivity (Wildman–Crippen MR) is 106 cm³/mol. The van der Waals surface area contributed by atoms with Gasteiger partial charge >= 0.3 is 7.82 Å². The lowest BCUT2D eigenvalue weighted by Crippen LogP contribution is -2.45. The van der Waals surface area contributed by atoms with Crippen molar-refractivity contribution >= 4 is 7.82 Å². The van der Waals surface area contributed by atoms with E-state index >= 15 is 0 Å². The first kappa shape index (κ1) is 20.4. The van der Waals surface area contributed by atoms with Gasteiger partial charge in [-0.05, 0) is 64.2 Å². The number of allylic oxidation sites excluding steroid dienone is 2. The highest BCUT2D eigenvalue weighted by atomic mass is 31.2. The molecule has 3 rings (SSSR count). The molecule has 1 aromatic carbocycles. The van der Waals surface area contributed by atoms with E-state index in [9.17, 15) is 14.4 Å². The number of phosphoric acid groups is 1. The minimum absolute atomic E-state index is 0.139. The molecule has 5 nitrogen and oxygen atoms in total. The van der Waals surface area contributed by atoms with E-state index in [1.54, 1.807) is 6.07 Å². The number of fused-ring (bicyclic) bond motifs is 3. The van der Waals surface area contributed by atoms with Crippen LogP contribution in [0.25, 0.3) is 0 Å². The summed E-state index contributed by atoms with van der Waals surface area (Å²) in [6.07, 6.45) is 8.12. The van der Waals surface area contributed by atoms with Crippen molar-refractivity contribution in [2.45, 2.75) is 77.7 Å². The summed E-state index contributed by atoms with van der Waals surface area (Å²) in [5.41, 5.74) is 2.78. The van der Waals surface area contributed by atoms with E-state index in [1.807, 2.05) is 6.07 Å². The van der Waals surface area contributed by atoms with Gasteiger partial charge in [-0.25, -0.2) is 4.57 Å². The van der Waals surface area contributed by atoms with Crippen molar-refractivity contribution in [1.29, 1.82) is 0 Å². The van der Waals surface area contributed by atoms with Crippen molar-refractivity contribution in [3.05, 3.63) is 34.9 Å². The Morgan fingerprint density at radius 1 is 1.30 bits per heavy atom. The van der Waals surface area contributed by atoms with E-state index in [0.717, 1.165) is 49.7 Å². The Bertz CT molecular complexity index is 777. The molecule has 0 spiro atoms. The number of unbranched alkanes of at least 4 members (excludes halogenated alkanes) is 2. The maximum Gasteiger partial charge on any atom is 0.524 e. The molecule has 0 fully saturated rings. The molecule has 0 amide bonds. The summed E-state index contributed by atoms with van der Waals surface area (Å²) < 4.78 is 23.2. The third-order valence-corrected chi connectivity index (χ3v) is 6.27. The molecule has 0 bridgehead atoms. The monoisotopic (exact) mass is 394 g/mol. The highest BCUT2D eigenvalue weighted by Gasteiger charge is 2.46. The van der Waals surface area contributed by atoms with Gasteiger partial charge in [0.2, 0.25) is 0 Å². The molecule has 6 heteroatoms. The molecule has 150 valence electrons. The number of hydrogen-bond acceptors (Lipinski definition) is 3. The summed E-state index contributed by atoms with van der Waals surface area (Å²) >= 11 is 0. The molecule has 0 aromatic heterocycles. The largest absolute Gasteiger partial charge is 0.524 e. The van der Waals surface area contributed by atoms with E-state index < -0.39 is 7.82 Å². The second-order valence-electron chi connectivity index (χ2n) is 8.45. The highest BCUT2D eigenvalue weighted by Crippen LogP contribution is 2.56. The molecule has 27 heavy (non-hydrogen) atoms. The van der Waals surface area contributed by atoms with Gasteiger partial charge in [-0.3, -0.25) is 9.79 Å². The van der Waals surface area contributed by atoms with Gasteiger partial charge in [-0.2, -0.15) is 0 Å². The maximum absolute atomic E-state index is 11.6. The summed E-state index contributed by atoms with van der Waals surface area (Å²) in [7, 11) is -4.65. The first-order valence-electron chi connectivity index (χ1n) is 9.87. The van der Waals surface area contributed by atoms with Crippen molar-refractivity contribution in [1.82, 2.24) is 0 Å². The Balaban J connectivity index is 2.08. The van der Waals surface area contributed by atoms with Crippen molar-refractivity contribution in [3.63, 3.8) is 0 Å². The molecule has 1 heterocycles. The molecule has 0 saturated carbocycles. The summed E-state index contributed by atoms with van der Waals surface area (Å²) in [6.45, 7) is 8.48. The van der Waals surface area contributed by atoms with E-state index in [0.29, 0.717) is 5.75 Å². The van der Waals surface area contributed by atoms with Gasteiger partial charge in [0, 0.05) is 17.4 Å². The van der Waals surface area contributed by atoms with Crippen molar-refractivity contribution in [2.75, 3.05) is 0 Å². The molecular formula is C21H31O5P. The van der Waals surface area contributed by atoms with Crippen LogP contribution in [0.4, 0.5) is 0 Å². The number of phosphoric ester groups is 1. The summed E-state index contributed by atoms with van der Waals surface area (Å²) in [5, 5.41) is 0. The van der Waals surface area contributed by atoms with Crippen LogP contribution in [0.5, 0.6) is 11.5 Å². The van der Waals surface area contributed by atoms with Crippen LogP contribution in [0.3, 0.4) is 0 Å². The van der Waals surface area contributed by atoms with Crippen molar-refractivity contribution in [3.8, 4) is 11.5 Å². The average Bonchev–Trinajstić information content (AvgIpc) is 2.52. The Morgan fingerprint density at radius 3 is 2.70 bits per heavy atom. The van der Waals surface area contributed by atoms with Crippen LogP contribution in [0.15, 0.2) is 23.8 Å². The summed E-state index contributed by atoms with van der Waals surface area (Å²) in [4.78, 5) is 18.9. The summed E-state index contributed by atoms with van der Waals surface area (Å²) in [5.74, 6) is 1.39. The zero-order valence-electron chi connectivity index (χ0n) is 16.7. The van der Waals surface area contributed by atoms with Gasteiger partial charge in [-0.1, -0.05) is 31.4 Å². The van der Waals surface area contributed by atoms with Crippen molar-refractivity contribution < 1.29 is 23.6 Å². The van der Waals surface area contributed by atoms with Crippen LogP contribution >= 0.6 is 7.82 Å². The SMILES string of the molecule is CCCCCc1cc2c(c(OP(=O)(O)O)c1)[C@@H]1CC(C)=CC[C@H]1C(C)(C)O2. The Morgan fingerprint density at radius 2 is 2.04 bits per heavy atom. The lowest BCUT2D eigenvalue weighted by Gasteiger charge is -2.47. The molecule has 2 aliphatic rings. The number of ether oxygens (including phenoxy) is 1.